The third-order valence-electron chi connectivity index (χ3n) is 13.2. The molecule has 1 amide bonds. The van der Waals surface area contributed by atoms with E-state index < -0.39 is 77.8 Å². The third-order valence-corrected chi connectivity index (χ3v) is 13.6. The fourth-order valence-corrected chi connectivity index (χ4v) is 10.1. The van der Waals surface area contributed by atoms with Crippen molar-refractivity contribution in [2.45, 2.75) is 160 Å². The zero-order valence-corrected chi connectivity index (χ0v) is 38.3. The predicted octanol–water partition coefficient (Wildman–Crippen LogP) is 5.98. The van der Waals surface area contributed by atoms with Gasteiger partial charge >= 0.3 is 5.97 Å². The molecule has 2 saturated heterocycles. The number of carbonyl (C=O) groups excluding carboxylic acids is 4. The molecule has 0 aromatic heterocycles. The Balaban J connectivity index is 1.76. The molecule has 1 aliphatic carbocycles. The monoisotopic (exact) mass is 863 g/mol. The first-order valence-corrected chi connectivity index (χ1v) is 23.2. The van der Waals surface area contributed by atoms with Crippen molar-refractivity contribution in [2.24, 2.45) is 29.6 Å². The molecular weight excluding hydrogens is 791 g/mol. The van der Waals surface area contributed by atoms with Crippen LogP contribution in [0.1, 0.15) is 105 Å². The molecule has 340 valence electrons. The van der Waals surface area contributed by atoms with E-state index in [1.165, 1.54) is 19.1 Å². The number of allylic oxidation sites excluding steroid dienone is 4. The van der Waals surface area contributed by atoms with Crippen LogP contribution >= 0.6 is 11.8 Å². The normalized spacial score (nSPS) is 38.6. The minimum atomic E-state index is -2.50. The Morgan fingerprint density at radius 1 is 0.967 bits per heavy atom. The summed E-state index contributed by atoms with van der Waals surface area (Å²) in [4.78, 5) is 58.2. The molecule has 4 aliphatic rings. The first-order valence-electron chi connectivity index (χ1n) is 21.8. The molecule has 3 fully saturated rings. The van der Waals surface area contributed by atoms with Crippen LogP contribution in [0.25, 0.3) is 0 Å². The molecule has 14 heteroatoms. The summed E-state index contributed by atoms with van der Waals surface area (Å²) >= 11 is 1.61. The van der Waals surface area contributed by atoms with E-state index >= 15 is 0 Å². The largest absolute Gasteiger partial charge is 0.456 e. The highest BCUT2D eigenvalue weighted by Gasteiger charge is 2.56. The molecule has 14 unspecified atom stereocenters. The number of cyclic esters (lactones) is 1. The van der Waals surface area contributed by atoms with Crippen molar-refractivity contribution < 1.29 is 57.8 Å². The lowest BCUT2D eigenvalue weighted by Crippen LogP contribution is -2.64. The summed E-state index contributed by atoms with van der Waals surface area (Å²) in [5.74, 6) is -7.01. The zero-order valence-electron chi connectivity index (χ0n) is 37.5. The van der Waals surface area contributed by atoms with Crippen LogP contribution < -0.4 is 0 Å². The lowest BCUT2D eigenvalue weighted by molar-refractivity contribution is -0.302. The number of piperidine rings is 1. The third kappa shape index (κ3) is 12.4. The number of thioether (sulfide) groups is 1. The average Bonchev–Trinajstić information content (AvgIpc) is 3.23. The molecule has 0 radical (unpaired) electrons. The van der Waals surface area contributed by atoms with Gasteiger partial charge in [0, 0.05) is 52.0 Å². The number of ketones is 2. The molecule has 60 heavy (non-hydrogen) atoms. The fraction of sp³-hybridized carbons (Fsp3) is 0.783. The second-order valence-electron chi connectivity index (χ2n) is 17.8. The molecule has 14 atom stereocenters. The van der Waals surface area contributed by atoms with Crippen molar-refractivity contribution in [3.8, 4) is 0 Å². The molecule has 0 spiro atoms. The number of amides is 1. The molecule has 1 saturated carbocycles. The smallest absolute Gasteiger partial charge is 0.329 e. The maximum absolute atomic E-state index is 14.4. The Morgan fingerprint density at radius 3 is 2.30 bits per heavy atom. The Bertz CT molecular complexity index is 1540. The highest BCUT2D eigenvalue weighted by atomic mass is 32.2. The predicted molar refractivity (Wildman–Crippen MR) is 230 cm³/mol. The molecule has 4 rings (SSSR count). The topological polar surface area (TPSA) is 167 Å². The number of aliphatic hydroxyl groups is 2. The van der Waals surface area contributed by atoms with E-state index in [1.54, 1.807) is 38.8 Å². The molecule has 0 aromatic rings. The zero-order chi connectivity index (χ0) is 44.3. The van der Waals surface area contributed by atoms with E-state index in [1.807, 2.05) is 33.1 Å². The van der Waals surface area contributed by atoms with Crippen molar-refractivity contribution >= 4 is 35.2 Å². The quantitative estimate of drug-likeness (QED) is 0.114. The van der Waals surface area contributed by atoms with E-state index in [9.17, 15) is 29.4 Å². The Morgan fingerprint density at radius 2 is 1.65 bits per heavy atom. The van der Waals surface area contributed by atoms with Gasteiger partial charge in [0.15, 0.2) is 0 Å². The van der Waals surface area contributed by atoms with Gasteiger partial charge in [0.05, 0.1) is 36.5 Å². The number of aliphatic hydroxyl groups excluding tert-OH is 1. The second-order valence-corrected chi connectivity index (χ2v) is 18.6. The van der Waals surface area contributed by atoms with E-state index in [4.69, 9.17) is 28.4 Å². The number of nitrogens with zero attached hydrogens (tertiary/aromatic N) is 1. The van der Waals surface area contributed by atoms with Crippen LogP contribution in [0.2, 0.25) is 0 Å². The Labute approximate surface area is 362 Å². The number of carbonyl (C=O) groups is 4. The van der Waals surface area contributed by atoms with Crippen LogP contribution in [0.4, 0.5) is 0 Å². The van der Waals surface area contributed by atoms with E-state index in [-0.39, 0.29) is 55.6 Å². The summed E-state index contributed by atoms with van der Waals surface area (Å²) in [6.07, 6.45) is 8.47. The number of Topliss-reactive ketones (excluding diaryl/α,β-unsaturated/α-hetero) is 2. The van der Waals surface area contributed by atoms with Gasteiger partial charge in [-0.25, -0.2) is 4.79 Å². The lowest BCUT2D eigenvalue weighted by atomic mass is 9.81. The molecule has 13 nitrogen and oxygen atoms in total. The SMILES string of the molecule is C=CCC1C=C(C)CC(C)CC(OC)C2OC(O)(C(=O)C(=O)N3CCCCC3C(=O)OC(C(C)=CC3CCC(OCSC)C(OC)C3)C(C)C(O)CC1=O)C(C)CC2OC. The molecular formula is C46H73NO12S. The summed E-state index contributed by atoms with van der Waals surface area (Å²) in [6, 6.07) is -1.13. The van der Waals surface area contributed by atoms with Crippen LogP contribution in [0.15, 0.2) is 36.0 Å². The molecule has 2 bridgehead atoms. The number of fused-ring (bicyclic) bond motifs is 3. The molecule has 3 heterocycles. The minimum absolute atomic E-state index is 0.0150. The maximum atomic E-state index is 14.4. The van der Waals surface area contributed by atoms with Crippen molar-refractivity contribution in [1.82, 2.24) is 4.90 Å². The number of ether oxygens (including phenoxy) is 6. The first-order chi connectivity index (χ1) is 28.5. The lowest BCUT2D eigenvalue weighted by Gasteiger charge is -2.47. The van der Waals surface area contributed by atoms with Crippen molar-refractivity contribution in [2.75, 3.05) is 40.1 Å². The number of rotatable bonds is 10. The van der Waals surface area contributed by atoms with Crippen molar-refractivity contribution in [1.29, 1.82) is 0 Å². The first kappa shape index (κ1) is 50.2. The van der Waals surface area contributed by atoms with Gasteiger partial charge in [-0.15, -0.1) is 18.3 Å². The standard InChI is InChI=1S/C46H73NO12S/c1-11-14-33-20-27(2)19-28(3)21-39(55-8)42-40(56-9)23-30(5)46(53,59-42)43(50)44(51)47-18-13-12-15-34(47)45(52)58-41(31(6)35(48)25-36(33)49)29(4)22-32-16-17-37(57-26-60-10)38(24-32)54-7/h11,20,22,28,30-35,37-42,48,53H,1,12-19,21,23-26H2,2-10H3. The molecule has 2 N–H and O–H groups in total. The summed E-state index contributed by atoms with van der Waals surface area (Å²) in [7, 11) is 4.74. The van der Waals surface area contributed by atoms with E-state index in [2.05, 4.69) is 12.7 Å². The highest BCUT2D eigenvalue weighted by Crippen LogP contribution is 2.39. The van der Waals surface area contributed by atoms with Gasteiger partial charge in [-0.1, -0.05) is 44.6 Å². The van der Waals surface area contributed by atoms with Crippen LogP contribution in [0.5, 0.6) is 0 Å². The average molecular weight is 864 g/mol. The summed E-state index contributed by atoms with van der Waals surface area (Å²) in [6.45, 7) is 13.3. The van der Waals surface area contributed by atoms with Gasteiger partial charge in [0.1, 0.15) is 24.0 Å². The molecule has 3 aliphatic heterocycles. The van der Waals surface area contributed by atoms with Crippen molar-refractivity contribution in [3.05, 3.63) is 36.0 Å². The number of hydrogen-bond acceptors (Lipinski definition) is 13. The van der Waals surface area contributed by atoms with Gasteiger partial charge in [-0.2, -0.15) is 0 Å². The van der Waals surface area contributed by atoms with Crippen LogP contribution in [0, 0.1) is 29.6 Å². The summed E-state index contributed by atoms with van der Waals surface area (Å²) < 4.78 is 36.2. The Kier molecular flexibility index (Phi) is 19.5. The van der Waals surface area contributed by atoms with E-state index in [0.29, 0.717) is 50.0 Å². The second kappa shape index (κ2) is 23.3. The molecule has 0 aromatic carbocycles. The fourth-order valence-electron chi connectivity index (χ4n) is 9.75. The van der Waals surface area contributed by atoms with Crippen LogP contribution in [0.3, 0.4) is 0 Å². The van der Waals surface area contributed by atoms with Gasteiger partial charge in [-0.05, 0) is 102 Å². The maximum Gasteiger partial charge on any atom is 0.329 e. The van der Waals surface area contributed by atoms with Gasteiger partial charge < -0.3 is 43.5 Å². The van der Waals surface area contributed by atoms with Gasteiger partial charge in [0.25, 0.3) is 11.7 Å². The van der Waals surface area contributed by atoms with Crippen molar-refractivity contribution in [3.63, 3.8) is 0 Å². The van der Waals surface area contributed by atoms with Crippen LogP contribution in [-0.2, 0) is 47.6 Å². The highest BCUT2D eigenvalue weighted by molar-refractivity contribution is 7.98. The number of hydrogen-bond donors (Lipinski definition) is 2. The van der Waals surface area contributed by atoms with Gasteiger partial charge in [-0.3, -0.25) is 14.4 Å². The Hall–Kier alpha value is -2.43. The minimum Gasteiger partial charge on any atom is -0.456 e. The number of methoxy groups -OCH3 is 3. The van der Waals surface area contributed by atoms with E-state index in [0.717, 1.165) is 18.4 Å². The number of esters is 1. The van der Waals surface area contributed by atoms with Gasteiger partial charge in [0.2, 0.25) is 5.79 Å². The summed E-state index contributed by atoms with van der Waals surface area (Å²) in [5.41, 5.74) is 1.67. The van der Waals surface area contributed by atoms with Crippen LogP contribution in [-0.4, -0.2) is 133 Å². The summed E-state index contributed by atoms with van der Waals surface area (Å²) in [5, 5.41) is 23.9.